The summed E-state index contributed by atoms with van der Waals surface area (Å²) in [5.41, 5.74) is 5.83. The van der Waals surface area contributed by atoms with Crippen LogP contribution in [0.5, 0.6) is 0 Å². The van der Waals surface area contributed by atoms with Gasteiger partial charge in [-0.15, -0.1) is 0 Å². The van der Waals surface area contributed by atoms with Crippen LogP contribution in [0.15, 0.2) is 18.2 Å². The lowest BCUT2D eigenvalue weighted by Crippen LogP contribution is -2.32. The highest BCUT2D eigenvalue weighted by Gasteiger charge is 2.04. The van der Waals surface area contributed by atoms with Crippen LogP contribution in [0.25, 0.3) is 0 Å². The van der Waals surface area contributed by atoms with Crippen LogP contribution in [-0.4, -0.2) is 12.6 Å². The SMILES string of the molecule is C[C@H](CN)NCc1ccc(F)cc1F. The zero-order valence-corrected chi connectivity index (χ0v) is 8.06. The molecule has 0 heterocycles. The number of hydrogen-bond acceptors (Lipinski definition) is 2. The van der Waals surface area contributed by atoms with Crippen LogP contribution < -0.4 is 11.1 Å². The van der Waals surface area contributed by atoms with Gasteiger partial charge in [0.25, 0.3) is 0 Å². The minimum atomic E-state index is -0.557. The fraction of sp³-hybridized carbons (Fsp3) is 0.400. The molecule has 0 aliphatic carbocycles. The number of nitrogens with one attached hydrogen (secondary N) is 1. The van der Waals surface area contributed by atoms with E-state index in [0.717, 1.165) is 6.07 Å². The highest BCUT2D eigenvalue weighted by molar-refractivity contribution is 5.18. The normalized spacial score (nSPS) is 12.9. The first-order chi connectivity index (χ1) is 6.63. The Balaban J connectivity index is 2.59. The topological polar surface area (TPSA) is 38.0 Å². The lowest BCUT2D eigenvalue weighted by molar-refractivity contribution is 0.526. The highest BCUT2D eigenvalue weighted by Crippen LogP contribution is 2.09. The second-order valence-corrected chi connectivity index (χ2v) is 3.25. The van der Waals surface area contributed by atoms with Gasteiger partial charge >= 0.3 is 0 Å². The molecular weight excluding hydrogens is 186 g/mol. The fourth-order valence-electron chi connectivity index (χ4n) is 1.03. The third-order valence-electron chi connectivity index (χ3n) is 2.01. The molecule has 0 radical (unpaired) electrons. The molecule has 0 saturated carbocycles. The van der Waals surface area contributed by atoms with E-state index in [0.29, 0.717) is 18.7 Å². The molecule has 1 aromatic carbocycles. The maximum atomic E-state index is 13.1. The van der Waals surface area contributed by atoms with Gasteiger partial charge in [0, 0.05) is 30.8 Å². The van der Waals surface area contributed by atoms with Crippen LogP contribution in [0.3, 0.4) is 0 Å². The van der Waals surface area contributed by atoms with Gasteiger partial charge in [-0.05, 0) is 13.0 Å². The first-order valence-electron chi connectivity index (χ1n) is 4.51. The monoisotopic (exact) mass is 200 g/mol. The molecule has 1 atom stereocenters. The lowest BCUT2D eigenvalue weighted by atomic mass is 10.2. The summed E-state index contributed by atoms with van der Waals surface area (Å²) in [5, 5.41) is 3.02. The van der Waals surface area contributed by atoms with Crippen molar-refractivity contribution in [1.82, 2.24) is 5.32 Å². The third-order valence-corrected chi connectivity index (χ3v) is 2.01. The first-order valence-corrected chi connectivity index (χ1v) is 4.51. The summed E-state index contributed by atoms with van der Waals surface area (Å²) >= 11 is 0. The van der Waals surface area contributed by atoms with Crippen LogP contribution in [0, 0.1) is 11.6 Å². The van der Waals surface area contributed by atoms with Crippen LogP contribution in [-0.2, 0) is 6.54 Å². The zero-order chi connectivity index (χ0) is 10.6. The van der Waals surface area contributed by atoms with Crippen molar-refractivity contribution < 1.29 is 8.78 Å². The van der Waals surface area contributed by atoms with Crippen molar-refractivity contribution in [1.29, 1.82) is 0 Å². The number of halogens is 2. The predicted molar refractivity (Wildman–Crippen MR) is 51.7 cm³/mol. The Bertz CT molecular complexity index is 302. The van der Waals surface area contributed by atoms with Gasteiger partial charge in [0.05, 0.1) is 0 Å². The summed E-state index contributed by atoms with van der Waals surface area (Å²) < 4.78 is 25.6. The molecule has 0 aliphatic heterocycles. The Hall–Kier alpha value is -1.00. The number of hydrogen-bond donors (Lipinski definition) is 2. The minimum Gasteiger partial charge on any atom is -0.329 e. The van der Waals surface area contributed by atoms with E-state index < -0.39 is 11.6 Å². The lowest BCUT2D eigenvalue weighted by Gasteiger charge is -2.11. The Morgan fingerprint density at radius 3 is 2.71 bits per heavy atom. The molecule has 0 amide bonds. The van der Waals surface area contributed by atoms with Gasteiger partial charge in [0.2, 0.25) is 0 Å². The largest absolute Gasteiger partial charge is 0.329 e. The highest BCUT2D eigenvalue weighted by atomic mass is 19.1. The van der Waals surface area contributed by atoms with Crippen molar-refractivity contribution in [2.75, 3.05) is 6.54 Å². The predicted octanol–water partition coefficient (Wildman–Crippen LogP) is 1.40. The molecule has 2 nitrogen and oxygen atoms in total. The molecule has 0 unspecified atom stereocenters. The van der Waals surface area contributed by atoms with Gasteiger partial charge in [0.15, 0.2) is 0 Å². The van der Waals surface area contributed by atoms with Gasteiger partial charge in [-0.25, -0.2) is 8.78 Å². The van der Waals surface area contributed by atoms with E-state index in [-0.39, 0.29) is 6.04 Å². The molecule has 0 aliphatic rings. The quantitative estimate of drug-likeness (QED) is 0.771. The molecule has 1 rings (SSSR count). The molecule has 14 heavy (non-hydrogen) atoms. The average Bonchev–Trinajstić information content (AvgIpc) is 2.16. The van der Waals surface area contributed by atoms with E-state index >= 15 is 0 Å². The summed E-state index contributed by atoms with van der Waals surface area (Å²) in [5.74, 6) is -1.08. The van der Waals surface area contributed by atoms with Gasteiger partial charge in [-0.2, -0.15) is 0 Å². The van der Waals surface area contributed by atoms with E-state index in [1.807, 2.05) is 6.92 Å². The van der Waals surface area contributed by atoms with Crippen molar-refractivity contribution in [2.45, 2.75) is 19.5 Å². The Morgan fingerprint density at radius 2 is 2.14 bits per heavy atom. The third kappa shape index (κ3) is 3.05. The fourth-order valence-corrected chi connectivity index (χ4v) is 1.03. The van der Waals surface area contributed by atoms with E-state index in [4.69, 9.17) is 5.73 Å². The van der Waals surface area contributed by atoms with Crippen molar-refractivity contribution >= 4 is 0 Å². The van der Waals surface area contributed by atoms with Crippen molar-refractivity contribution in [3.8, 4) is 0 Å². The molecule has 3 N–H and O–H groups in total. The number of nitrogens with two attached hydrogens (primary N) is 1. The average molecular weight is 200 g/mol. The van der Waals surface area contributed by atoms with E-state index in [1.165, 1.54) is 12.1 Å². The molecule has 1 aromatic rings. The van der Waals surface area contributed by atoms with E-state index in [9.17, 15) is 8.78 Å². The molecule has 0 fully saturated rings. The molecule has 4 heteroatoms. The summed E-state index contributed by atoms with van der Waals surface area (Å²) in [6.45, 7) is 2.76. The molecule has 0 bridgehead atoms. The number of rotatable bonds is 4. The zero-order valence-electron chi connectivity index (χ0n) is 8.06. The molecule has 0 aromatic heterocycles. The van der Waals surface area contributed by atoms with Crippen LogP contribution in [0.2, 0.25) is 0 Å². The van der Waals surface area contributed by atoms with Crippen molar-refractivity contribution in [2.24, 2.45) is 5.73 Å². The van der Waals surface area contributed by atoms with Gasteiger partial charge in [-0.3, -0.25) is 0 Å². The van der Waals surface area contributed by atoms with Crippen LogP contribution in [0.4, 0.5) is 8.78 Å². The Labute approximate surface area is 82.1 Å². The molecule has 0 saturated heterocycles. The first kappa shape index (κ1) is 11.1. The summed E-state index contributed by atoms with van der Waals surface area (Å²) in [6.07, 6.45) is 0. The Morgan fingerprint density at radius 1 is 1.43 bits per heavy atom. The minimum absolute atomic E-state index is 0.124. The smallest absolute Gasteiger partial charge is 0.130 e. The molecular formula is C10H14F2N2. The maximum absolute atomic E-state index is 13.1. The standard InChI is InChI=1S/C10H14F2N2/c1-7(5-13)14-6-8-2-3-9(11)4-10(8)12/h2-4,7,14H,5-6,13H2,1H3/t7-/m1/s1. The summed E-state index contributed by atoms with van der Waals surface area (Å²) in [7, 11) is 0. The molecule has 78 valence electrons. The second kappa shape index (κ2) is 5.02. The number of benzene rings is 1. The van der Waals surface area contributed by atoms with Gasteiger partial charge in [0.1, 0.15) is 11.6 Å². The van der Waals surface area contributed by atoms with Crippen LogP contribution >= 0.6 is 0 Å². The van der Waals surface area contributed by atoms with E-state index in [2.05, 4.69) is 5.32 Å². The van der Waals surface area contributed by atoms with Gasteiger partial charge in [-0.1, -0.05) is 6.07 Å². The summed E-state index contributed by atoms with van der Waals surface area (Å²) in [6, 6.07) is 3.68. The van der Waals surface area contributed by atoms with Crippen molar-refractivity contribution in [3.05, 3.63) is 35.4 Å². The van der Waals surface area contributed by atoms with Gasteiger partial charge < -0.3 is 11.1 Å². The maximum Gasteiger partial charge on any atom is 0.130 e. The van der Waals surface area contributed by atoms with E-state index in [1.54, 1.807) is 0 Å². The second-order valence-electron chi connectivity index (χ2n) is 3.25. The van der Waals surface area contributed by atoms with Crippen LogP contribution in [0.1, 0.15) is 12.5 Å². The summed E-state index contributed by atoms with van der Waals surface area (Å²) in [4.78, 5) is 0. The van der Waals surface area contributed by atoms with Crippen molar-refractivity contribution in [3.63, 3.8) is 0 Å². The molecule has 0 spiro atoms. The Kier molecular flexibility index (Phi) is 3.98.